The van der Waals surface area contributed by atoms with Crippen LogP contribution >= 0.6 is 23.2 Å². The summed E-state index contributed by atoms with van der Waals surface area (Å²) < 4.78 is 26.6. The van der Waals surface area contributed by atoms with Gasteiger partial charge in [0.25, 0.3) is 0 Å². The molecule has 3 rings (SSSR count). The number of nitrogens with zero attached hydrogens (tertiary/aromatic N) is 1. The second kappa shape index (κ2) is 8.96. The van der Waals surface area contributed by atoms with E-state index in [1.807, 2.05) is 0 Å². The molecule has 7 nitrogen and oxygen atoms in total. The largest absolute Gasteiger partial charge is 0.354 e. The molecule has 0 atom stereocenters. The van der Waals surface area contributed by atoms with Gasteiger partial charge >= 0.3 is 0 Å². The lowest BCUT2D eigenvalue weighted by Crippen LogP contribution is -2.49. The summed E-state index contributed by atoms with van der Waals surface area (Å²) in [5, 5.41) is 6.09. The van der Waals surface area contributed by atoms with Crippen LogP contribution in [-0.4, -0.2) is 44.2 Å². The molecule has 1 fully saturated rings. The van der Waals surface area contributed by atoms with Crippen LogP contribution in [0.25, 0.3) is 6.08 Å². The molecule has 10 heteroatoms. The summed E-state index contributed by atoms with van der Waals surface area (Å²) in [7, 11) is -3.84. The van der Waals surface area contributed by atoms with Gasteiger partial charge in [0.15, 0.2) is 0 Å². The molecule has 29 heavy (non-hydrogen) atoms. The monoisotopic (exact) mass is 453 g/mol. The Bertz CT molecular complexity index is 1070. The van der Waals surface area contributed by atoms with Crippen LogP contribution in [0.1, 0.15) is 5.56 Å². The maximum absolute atomic E-state index is 12.7. The molecule has 0 saturated carbocycles. The van der Waals surface area contributed by atoms with E-state index in [4.69, 9.17) is 23.2 Å². The van der Waals surface area contributed by atoms with Crippen molar-refractivity contribution in [1.29, 1.82) is 0 Å². The van der Waals surface area contributed by atoms with Gasteiger partial charge in [-0.3, -0.25) is 9.59 Å². The molecule has 0 radical (unpaired) electrons. The van der Waals surface area contributed by atoms with Crippen molar-refractivity contribution < 1.29 is 18.0 Å². The van der Waals surface area contributed by atoms with Gasteiger partial charge in [0, 0.05) is 34.9 Å². The van der Waals surface area contributed by atoms with Crippen molar-refractivity contribution >= 4 is 56.8 Å². The molecule has 1 aliphatic rings. The summed E-state index contributed by atoms with van der Waals surface area (Å²) in [6, 6.07) is 10.7. The third-order valence-corrected chi connectivity index (χ3v) is 6.33. The third-order valence-electron chi connectivity index (χ3n) is 4.05. The predicted octanol–water partition coefficient (Wildman–Crippen LogP) is 2.77. The number of piperazine rings is 1. The minimum atomic E-state index is -3.84. The van der Waals surface area contributed by atoms with Crippen LogP contribution in [0.15, 0.2) is 53.4 Å². The van der Waals surface area contributed by atoms with Gasteiger partial charge in [-0.2, -0.15) is 4.31 Å². The summed E-state index contributed by atoms with van der Waals surface area (Å²) in [5.41, 5.74) is 0.962. The van der Waals surface area contributed by atoms with E-state index in [0.29, 0.717) is 21.3 Å². The number of rotatable bonds is 5. The lowest BCUT2D eigenvalue weighted by Gasteiger charge is -2.26. The summed E-state index contributed by atoms with van der Waals surface area (Å²) in [4.78, 5) is 23.7. The zero-order valence-electron chi connectivity index (χ0n) is 15.1. The van der Waals surface area contributed by atoms with E-state index in [9.17, 15) is 18.0 Å². The summed E-state index contributed by atoms with van der Waals surface area (Å²) >= 11 is 11.8. The van der Waals surface area contributed by atoms with E-state index >= 15 is 0 Å². The summed E-state index contributed by atoms with van der Waals surface area (Å²) in [6.45, 7) is 0.215. The topological polar surface area (TPSA) is 95.6 Å². The first-order valence-corrected chi connectivity index (χ1v) is 10.8. The maximum atomic E-state index is 12.7. The molecular formula is C19H17Cl2N3O4S. The Morgan fingerprint density at radius 3 is 2.55 bits per heavy atom. The average Bonchev–Trinajstić information content (AvgIpc) is 2.66. The van der Waals surface area contributed by atoms with Gasteiger partial charge in [0.2, 0.25) is 21.8 Å². The molecule has 2 aromatic rings. The molecule has 1 saturated heterocycles. The van der Waals surface area contributed by atoms with Crippen LogP contribution in [-0.2, 0) is 19.6 Å². The molecule has 152 valence electrons. The second-order valence-corrected chi connectivity index (χ2v) is 9.05. The number of hydrogen-bond acceptors (Lipinski definition) is 4. The highest BCUT2D eigenvalue weighted by Gasteiger charge is 2.29. The van der Waals surface area contributed by atoms with Crippen LogP contribution in [0.3, 0.4) is 0 Å². The maximum Gasteiger partial charge on any atom is 0.248 e. The standard InChI is InChI=1S/C19H17Cl2N3O4S/c20-14-8-13(9-15(21)10-14)4-5-18(25)23-16-2-1-3-17(11-16)29(27,28)24-7-6-22-19(26)12-24/h1-5,8-11H,6-7,12H2,(H,22,26)(H,23,25). The van der Waals surface area contributed by atoms with E-state index in [-0.39, 0.29) is 30.4 Å². The van der Waals surface area contributed by atoms with Crippen LogP contribution in [0.4, 0.5) is 5.69 Å². The molecule has 1 heterocycles. The Morgan fingerprint density at radius 1 is 1.14 bits per heavy atom. The Morgan fingerprint density at radius 2 is 1.86 bits per heavy atom. The first-order valence-electron chi connectivity index (χ1n) is 8.56. The Labute approximate surface area is 178 Å². The average molecular weight is 454 g/mol. The van der Waals surface area contributed by atoms with E-state index in [0.717, 1.165) is 4.31 Å². The molecule has 0 aromatic heterocycles. The van der Waals surface area contributed by atoms with Gasteiger partial charge < -0.3 is 10.6 Å². The number of anilines is 1. The highest BCUT2D eigenvalue weighted by atomic mass is 35.5. The number of carbonyl (C=O) groups is 2. The number of halogens is 2. The quantitative estimate of drug-likeness (QED) is 0.680. The van der Waals surface area contributed by atoms with Crippen LogP contribution in [0.2, 0.25) is 10.0 Å². The minimum Gasteiger partial charge on any atom is -0.354 e. The van der Waals surface area contributed by atoms with Crippen molar-refractivity contribution in [2.24, 2.45) is 0 Å². The molecule has 2 N–H and O–H groups in total. The van der Waals surface area contributed by atoms with E-state index in [2.05, 4.69) is 10.6 Å². The minimum absolute atomic E-state index is 0.00407. The molecule has 0 bridgehead atoms. The number of amides is 2. The molecular weight excluding hydrogens is 437 g/mol. The van der Waals surface area contributed by atoms with E-state index in [1.54, 1.807) is 30.3 Å². The molecule has 2 amide bonds. The molecule has 0 spiro atoms. The van der Waals surface area contributed by atoms with Gasteiger partial charge in [-0.25, -0.2) is 8.42 Å². The van der Waals surface area contributed by atoms with E-state index in [1.165, 1.54) is 24.3 Å². The Hall–Kier alpha value is -2.39. The lowest BCUT2D eigenvalue weighted by atomic mass is 10.2. The number of benzene rings is 2. The van der Waals surface area contributed by atoms with Crippen LogP contribution < -0.4 is 10.6 Å². The molecule has 0 unspecified atom stereocenters. The summed E-state index contributed by atoms with van der Waals surface area (Å²) in [5.74, 6) is -0.802. The number of hydrogen-bond donors (Lipinski definition) is 2. The number of carbonyl (C=O) groups excluding carboxylic acids is 2. The SMILES string of the molecule is O=C(C=Cc1cc(Cl)cc(Cl)c1)Nc1cccc(S(=O)(=O)N2CCNC(=O)C2)c1. The molecule has 1 aliphatic heterocycles. The third kappa shape index (κ3) is 5.57. The summed E-state index contributed by atoms with van der Waals surface area (Å²) in [6.07, 6.45) is 2.83. The normalized spacial score (nSPS) is 15.3. The van der Waals surface area contributed by atoms with Crippen LogP contribution in [0, 0.1) is 0 Å². The highest BCUT2D eigenvalue weighted by Crippen LogP contribution is 2.21. The van der Waals surface area contributed by atoms with Gasteiger partial charge in [0.1, 0.15) is 0 Å². The van der Waals surface area contributed by atoms with Gasteiger partial charge in [-0.1, -0.05) is 29.3 Å². The van der Waals surface area contributed by atoms with Crippen molar-refractivity contribution in [2.75, 3.05) is 25.0 Å². The Balaban J connectivity index is 1.73. The van der Waals surface area contributed by atoms with Crippen molar-refractivity contribution in [3.05, 3.63) is 64.1 Å². The van der Waals surface area contributed by atoms with Crippen molar-refractivity contribution in [3.63, 3.8) is 0 Å². The first-order chi connectivity index (χ1) is 13.7. The molecule has 2 aromatic carbocycles. The fraction of sp³-hybridized carbons (Fsp3) is 0.158. The van der Waals surface area contributed by atoms with Crippen molar-refractivity contribution in [2.45, 2.75) is 4.90 Å². The second-order valence-electron chi connectivity index (χ2n) is 6.24. The smallest absolute Gasteiger partial charge is 0.248 e. The van der Waals surface area contributed by atoms with E-state index < -0.39 is 15.9 Å². The Kier molecular flexibility index (Phi) is 6.59. The fourth-order valence-corrected chi connectivity index (χ4v) is 4.72. The first kappa shape index (κ1) is 21.3. The van der Waals surface area contributed by atoms with Gasteiger partial charge in [-0.05, 0) is 48.0 Å². The lowest BCUT2D eigenvalue weighted by molar-refractivity contribution is -0.122. The predicted molar refractivity (Wildman–Crippen MR) is 112 cm³/mol. The van der Waals surface area contributed by atoms with Gasteiger partial charge in [-0.15, -0.1) is 0 Å². The highest BCUT2D eigenvalue weighted by molar-refractivity contribution is 7.89. The van der Waals surface area contributed by atoms with Crippen molar-refractivity contribution in [3.8, 4) is 0 Å². The van der Waals surface area contributed by atoms with Crippen molar-refractivity contribution in [1.82, 2.24) is 9.62 Å². The fourth-order valence-electron chi connectivity index (χ4n) is 2.73. The van der Waals surface area contributed by atoms with Crippen LogP contribution in [0.5, 0.6) is 0 Å². The zero-order chi connectivity index (χ0) is 21.0. The number of nitrogens with one attached hydrogen (secondary N) is 2. The molecule has 0 aliphatic carbocycles. The van der Waals surface area contributed by atoms with Gasteiger partial charge in [0.05, 0.1) is 11.4 Å². The number of sulfonamides is 1. The zero-order valence-corrected chi connectivity index (χ0v) is 17.4.